The van der Waals surface area contributed by atoms with Crippen molar-refractivity contribution in [1.29, 1.82) is 0 Å². The maximum atomic E-state index is 12.6. The van der Waals surface area contributed by atoms with Crippen molar-refractivity contribution in [1.82, 2.24) is 9.62 Å². The molecule has 1 aromatic rings. The van der Waals surface area contributed by atoms with Crippen LogP contribution in [0.1, 0.15) is 54.0 Å². The van der Waals surface area contributed by atoms with Gasteiger partial charge in [-0.1, -0.05) is 17.7 Å². The topological polar surface area (TPSA) is 49.4 Å². The lowest BCUT2D eigenvalue weighted by Crippen LogP contribution is -2.38. The van der Waals surface area contributed by atoms with E-state index >= 15 is 0 Å². The molecule has 1 saturated heterocycles. The monoisotopic (exact) mass is 320 g/mol. The first-order chi connectivity index (χ1) is 10.6. The number of hydrogen-bond acceptors (Lipinski definition) is 3. The van der Waals surface area contributed by atoms with Crippen molar-refractivity contribution in [3.05, 3.63) is 34.4 Å². The fourth-order valence-corrected chi connectivity index (χ4v) is 5.70. The van der Waals surface area contributed by atoms with Crippen LogP contribution in [0.15, 0.2) is 12.1 Å². The van der Waals surface area contributed by atoms with E-state index in [1.165, 1.54) is 28.7 Å². The Balaban J connectivity index is 1.70. The Hall–Kier alpha value is -0.910. The number of nitrogens with zero attached hydrogens (tertiary/aromatic N) is 1. The second kappa shape index (κ2) is 5.32. The van der Waals surface area contributed by atoms with E-state index in [4.69, 9.17) is 0 Å². The number of nitrogens with one attached hydrogen (secondary N) is 1. The number of fused-ring (bicyclic) bond motifs is 1. The predicted octanol–water partition coefficient (Wildman–Crippen LogP) is 2.27. The summed E-state index contributed by atoms with van der Waals surface area (Å²) in [5.74, 6) is 0. The van der Waals surface area contributed by atoms with Gasteiger partial charge in [-0.25, -0.2) is 8.42 Å². The summed E-state index contributed by atoms with van der Waals surface area (Å²) in [6.07, 6.45) is 4.90. The zero-order chi connectivity index (χ0) is 15.3. The average Bonchev–Trinajstić information content (AvgIpc) is 3.23. The lowest BCUT2D eigenvalue weighted by molar-refractivity contribution is 0.387. The third-order valence-corrected chi connectivity index (χ3v) is 7.57. The van der Waals surface area contributed by atoms with Crippen molar-refractivity contribution in [2.45, 2.75) is 56.9 Å². The van der Waals surface area contributed by atoms with Crippen molar-refractivity contribution < 1.29 is 8.42 Å². The lowest BCUT2D eigenvalue weighted by atomic mass is 9.89. The first kappa shape index (κ1) is 14.7. The minimum absolute atomic E-state index is 0.104. The standard InChI is InChI=1S/C17H24N2O2S/c1-12-9-13-6-8-19(22(20,21)14-4-5-14)11-16(13)15(10-12)17-3-2-7-18-17/h9-10,14,17-18H,2-8,11H2,1H3/t17-/m0/s1. The van der Waals surface area contributed by atoms with Crippen LogP contribution in [0.4, 0.5) is 0 Å². The number of sulfonamides is 1. The first-order valence-electron chi connectivity index (χ1n) is 8.40. The molecular formula is C17H24N2O2S. The molecule has 120 valence electrons. The van der Waals surface area contributed by atoms with Gasteiger partial charge in [0.05, 0.1) is 5.25 Å². The highest BCUT2D eigenvalue weighted by Gasteiger charge is 2.41. The molecule has 0 aromatic heterocycles. The van der Waals surface area contributed by atoms with E-state index < -0.39 is 10.0 Å². The fourth-order valence-electron chi connectivity index (χ4n) is 3.89. The quantitative estimate of drug-likeness (QED) is 0.929. The summed E-state index contributed by atoms with van der Waals surface area (Å²) in [6.45, 7) is 4.43. The van der Waals surface area contributed by atoms with Crippen LogP contribution in [0.3, 0.4) is 0 Å². The summed E-state index contributed by atoms with van der Waals surface area (Å²) in [4.78, 5) is 0. The molecule has 22 heavy (non-hydrogen) atoms. The Morgan fingerprint density at radius 1 is 1.23 bits per heavy atom. The van der Waals surface area contributed by atoms with Crippen molar-refractivity contribution >= 4 is 10.0 Å². The first-order valence-corrected chi connectivity index (χ1v) is 9.90. The smallest absolute Gasteiger partial charge is 0.217 e. The minimum atomic E-state index is -3.07. The van der Waals surface area contributed by atoms with Crippen molar-refractivity contribution in [3.63, 3.8) is 0 Å². The Bertz CT molecular complexity index is 689. The third kappa shape index (κ3) is 2.49. The Labute approximate surface area is 132 Å². The molecule has 1 aliphatic carbocycles. The molecule has 0 spiro atoms. The summed E-state index contributed by atoms with van der Waals surface area (Å²) in [7, 11) is -3.07. The van der Waals surface area contributed by atoms with E-state index in [2.05, 4.69) is 24.4 Å². The highest BCUT2D eigenvalue weighted by molar-refractivity contribution is 7.90. The molecule has 5 heteroatoms. The zero-order valence-electron chi connectivity index (χ0n) is 13.1. The van der Waals surface area contributed by atoms with E-state index in [0.717, 1.165) is 32.2 Å². The van der Waals surface area contributed by atoms with Gasteiger partial charge in [-0.05, 0) is 62.3 Å². The molecule has 4 nitrogen and oxygen atoms in total. The molecule has 1 saturated carbocycles. The molecule has 3 aliphatic rings. The van der Waals surface area contributed by atoms with Crippen molar-refractivity contribution in [2.24, 2.45) is 0 Å². The number of benzene rings is 1. The lowest BCUT2D eigenvalue weighted by Gasteiger charge is -2.31. The van der Waals surface area contributed by atoms with Gasteiger partial charge in [-0.3, -0.25) is 0 Å². The van der Waals surface area contributed by atoms with Crippen LogP contribution in [0.5, 0.6) is 0 Å². The van der Waals surface area contributed by atoms with Crippen LogP contribution in [-0.4, -0.2) is 31.1 Å². The molecular weight excluding hydrogens is 296 g/mol. The summed E-state index contributed by atoms with van der Waals surface area (Å²) >= 11 is 0. The van der Waals surface area contributed by atoms with Crippen LogP contribution in [0.2, 0.25) is 0 Å². The number of hydrogen-bond donors (Lipinski definition) is 1. The average molecular weight is 320 g/mol. The van der Waals surface area contributed by atoms with Gasteiger partial charge in [0.1, 0.15) is 0 Å². The Morgan fingerprint density at radius 2 is 2.05 bits per heavy atom. The summed E-state index contributed by atoms with van der Waals surface area (Å²) in [5, 5.41) is 3.47. The minimum Gasteiger partial charge on any atom is -0.310 e. The second-order valence-electron chi connectivity index (χ2n) is 6.97. The molecule has 0 bridgehead atoms. The van der Waals surface area contributed by atoms with E-state index in [-0.39, 0.29) is 5.25 Å². The molecule has 2 aliphatic heterocycles. The highest BCUT2D eigenvalue weighted by atomic mass is 32.2. The van der Waals surface area contributed by atoms with Gasteiger partial charge in [-0.15, -0.1) is 0 Å². The Kier molecular flexibility index (Phi) is 3.55. The van der Waals surface area contributed by atoms with Gasteiger partial charge >= 0.3 is 0 Å². The number of rotatable bonds is 3. The zero-order valence-corrected chi connectivity index (χ0v) is 14.0. The maximum Gasteiger partial charge on any atom is 0.217 e. The molecule has 0 radical (unpaired) electrons. The molecule has 0 amide bonds. The SMILES string of the molecule is Cc1cc2c(c([C@@H]3CCCN3)c1)CN(S(=O)(=O)C1CC1)CC2. The van der Waals surface area contributed by atoms with Gasteiger partial charge in [0, 0.05) is 19.1 Å². The van der Waals surface area contributed by atoms with E-state index in [1.54, 1.807) is 4.31 Å². The van der Waals surface area contributed by atoms with E-state index in [1.807, 2.05) is 0 Å². The molecule has 2 heterocycles. The largest absolute Gasteiger partial charge is 0.310 e. The third-order valence-electron chi connectivity index (χ3n) is 5.23. The highest BCUT2D eigenvalue weighted by Crippen LogP contribution is 2.36. The predicted molar refractivity (Wildman–Crippen MR) is 87.2 cm³/mol. The summed E-state index contributed by atoms with van der Waals surface area (Å²) in [5.41, 5.74) is 5.25. The Morgan fingerprint density at radius 3 is 2.73 bits per heavy atom. The second-order valence-corrected chi connectivity index (χ2v) is 9.18. The van der Waals surface area contributed by atoms with Gasteiger partial charge in [0.2, 0.25) is 10.0 Å². The normalized spacial score (nSPS) is 26.1. The number of aryl methyl sites for hydroxylation is 1. The van der Waals surface area contributed by atoms with Crippen LogP contribution < -0.4 is 5.32 Å². The molecule has 4 rings (SSSR count). The van der Waals surface area contributed by atoms with Gasteiger partial charge in [0.15, 0.2) is 0 Å². The molecule has 2 fully saturated rings. The summed E-state index contributed by atoms with van der Waals surface area (Å²) in [6, 6.07) is 4.90. The van der Waals surface area contributed by atoms with Gasteiger partial charge in [0.25, 0.3) is 0 Å². The van der Waals surface area contributed by atoms with Gasteiger partial charge in [-0.2, -0.15) is 4.31 Å². The van der Waals surface area contributed by atoms with Crippen LogP contribution in [0, 0.1) is 6.92 Å². The van der Waals surface area contributed by atoms with Gasteiger partial charge < -0.3 is 5.32 Å². The fraction of sp³-hybridized carbons (Fsp3) is 0.647. The van der Waals surface area contributed by atoms with Crippen LogP contribution in [0.25, 0.3) is 0 Å². The van der Waals surface area contributed by atoms with Crippen molar-refractivity contribution in [3.8, 4) is 0 Å². The van der Waals surface area contributed by atoms with Crippen LogP contribution in [-0.2, 0) is 23.0 Å². The molecule has 1 N–H and O–H groups in total. The maximum absolute atomic E-state index is 12.6. The molecule has 1 aromatic carbocycles. The molecule has 0 unspecified atom stereocenters. The van der Waals surface area contributed by atoms with E-state index in [0.29, 0.717) is 19.1 Å². The van der Waals surface area contributed by atoms with Crippen molar-refractivity contribution in [2.75, 3.05) is 13.1 Å². The van der Waals surface area contributed by atoms with Crippen LogP contribution >= 0.6 is 0 Å². The summed E-state index contributed by atoms with van der Waals surface area (Å²) < 4.78 is 26.9. The van der Waals surface area contributed by atoms with E-state index in [9.17, 15) is 8.42 Å². The molecule has 1 atom stereocenters.